The molecule has 0 radical (unpaired) electrons. The van der Waals surface area contributed by atoms with Crippen LogP contribution in [0.15, 0.2) is 18.2 Å². The molecular weight excluding hydrogens is 219 g/mol. The van der Waals surface area contributed by atoms with Crippen LogP contribution in [0.2, 0.25) is 0 Å². The van der Waals surface area contributed by atoms with E-state index in [1.165, 1.54) is 6.07 Å². The molecule has 1 aliphatic rings. The van der Waals surface area contributed by atoms with E-state index in [9.17, 15) is 4.39 Å². The molecular formula is C13H19FN2O. The van der Waals surface area contributed by atoms with Crippen LogP contribution < -0.4 is 5.73 Å². The van der Waals surface area contributed by atoms with Gasteiger partial charge >= 0.3 is 0 Å². The fourth-order valence-electron chi connectivity index (χ4n) is 2.31. The van der Waals surface area contributed by atoms with E-state index in [2.05, 4.69) is 4.90 Å². The summed E-state index contributed by atoms with van der Waals surface area (Å²) < 4.78 is 18.7. The molecule has 0 aliphatic carbocycles. The number of ether oxygens (including phenoxy) is 1. The molecule has 94 valence electrons. The molecule has 1 aliphatic heterocycles. The number of piperidine rings is 1. The first kappa shape index (κ1) is 12.3. The van der Waals surface area contributed by atoms with E-state index in [0.717, 1.165) is 31.5 Å². The maximum absolute atomic E-state index is 13.3. The van der Waals surface area contributed by atoms with Crippen molar-refractivity contribution in [2.45, 2.75) is 25.5 Å². The summed E-state index contributed by atoms with van der Waals surface area (Å²) >= 11 is 0. The molecule has 1 heterocycles. The minimum atomic E-state index is -0.331. The van der Waals surface area contributed by atoms with Crippen LogP contribution in [0.3, 0.4) is 0 Å². The standard InChI is InChI=1S/C13H19FN2O/c1-17-11-5-3-7-16(9-11)8-10-4-2-6-12(14)13(10)15/h2,4,6,11H,3,5,7-9,15H2,1H3. The van der Waals surface area contributed by atoms with E-state index in [0.29, 0.717) is 12.6 Å². The molecule has 1 aromatic carbocycles. The van der Waals surface area contributed by atoms with Crippen LogP contribution in [0.1, 0.15) is 18.4 Å². The number of nitrogens with zero attached hydrogens (tertiary/aromatic N) is 1. The van der Waals surface area contributed by atoms with E-state index >= 15 is 0 Å². The van der Waals surface area contributed by atoms with E-state index in [-0.39, 0.29) is 11.5 Å². The van der Waals surface area contributed by atoms with Crippen LogP contribution in [-0.2, 0) is 11.3 Å². The topological polar surface area (TPSA) is 38.5 Å². The molecule has 4 heteroatoms. The molecule has 1 atom stereocenters. The van der Waals surface area contributed by atoms with E-state index in [1.807, 2.05) is 6.07 Å². The van der Waals surface area contributed by atoms with Gasteiger partial charge in [0.1, 0.15) is 5.82 Å². The van der Waals surface area contributed by atoms with Gasteiger partial charge in [0.15, 0.2) is 0 Å². The average Bonchev–Trinajstić information content (AvgIpc) is 2.35. The summed E-state index contributed by atoms with van der Waals surface area (Å²) in [7, 11) is 1.74. The second kappa shape index (κ2) is 5.47. The van der Waals surface area contributed by atoms with Crippen LogP contribution in [0.25, 0.3) is 0 Å². The third kappa shape index (κ3) is 2.96. The highest BCUT2D eigenvalue weighted by Crippen LogP contribution is 2.20. The number of para-hydroxylation sites is 1. The molecule has 0 amide bonds. The third-order valence-corrected chi connectivity index (χ3v) is 3.33. The normalized spacial score (nSPS) is 21.6. The van der Waals surface area contributed by atoms with E-state index < -0.39 is 0 Å². The molecule has 1 unspecified atom stereocenters. The minimum Gasteiger partial charge on any atom is -0.396 e. The summed E-state index contributed by atoms with van der Waals surface area (Å²) in [5, 5.41) is 0. The zero-order valence-electron chi connectivity index (χ0n) is 10.2. The number of methoxy groups -OCH3 is 1. The van der Waals surface area contributed by atoms with Crippen molar-refractivity contribution in [2.75, 3.05) is 25.9 Å². The lowest BCUT2D eigenvalue weighted by Crippen LogP contribution is -2.38. The van der Waals surface area contributed by atoms with Crippen molar-refractivity contribution in [3.05, 3.63) is 29.6 Å². The van der Waals surface area contributed by atoms with Gasteiger partial charge in [0.05, 0.1) is 11.8 Å². The van der Waals surface area contributed by atoms with Gasteiger partial charge in [0.25, 0.3) is 0 Å². The number of rotatable bonds is 3. The molecule has 0 saturated carbocycles. The Balaban J connectivity index is 2.02. The molecule has 0 aromatic heterocycles. The molecule has 1 aromatic rings. The highest BCUT2D eigenvalue weighted by molar-refractivity contribution is 5.47. The van der Waals surface area contributed by atoms with Crippen LogP contribution in [-0.4, -0.2) is 31.2 Å². The maximum atomic E-state index is 13.3. The van der Waals surface area contributed by atoms with Gasteiger partial charge in [-0.1, -0.05) is 12.1 Å². The molecule has 0 bridgehead atoms. The van der Waals surface area contributed by atoms with Crippen molar-refractivity contribution >= 4 is 5.69 Å². The molecule has 1 fully saturated rings. The Hall–Kier alpha value is -1.13. The Labute approximate surface area is 101 Å². The predicted molar refractivity (Wildman–Crippen MR) is 66.1 cm³/mol. The molecule has 2 N–H and O–H groups in total. The van der Waals surface area contributed by atoms with Gasteiger partial charge in [-0.05, 0) is 31.0 Å². The van der Waals surface area contributed by atoms with Crippen LogP contribution >= 0.6 is 0 Å². The maximum Gasteiger partial charge on any atom is 0.146 e. The van der Waals surface area contributed by atoms with Gasteiger partial charge in [-0.2, -0.15) is 0 Å². The third-order valence-electron chi connectivity index (χ3n) is 3.33. The van der Waals surface area contributed by atoms with Crippen LogP contribution in [0.4, 0.5) is 10.1 Å². The van der Waals surface area contributed by atoms with Gasteiger partial charge in [-0.3, -0.25) is 4.90 Å². The van der Waals surface area contributed by atoms with E-state index in [4.69, 9.17) is 10.5 Å². The van der Waals surface area contributed by atoms with Crippen LogP contribution in [0, 0.1) is 5.82 Å². The largest absolute Gasteiger partial charge is 0.396 e. The summed E-state index contributed by atoms with van der Waals surface area (Å²) in [5.74, 6) is -0.331. The predicted octanol–water partition coefficient (Wildman–Crippen LogP) is 2.02. The fourth-order valence-corrected chi connectivity index (χ4v) is 2.31. The molecule has 2 rings (SSSR count). The van der Waals surface area contributed by atoms with Gasteiger partial charge in [-0.15, -0.1) is 0 Å². The first-order chi connectivity index (χ1) is 8.20. The van der Waals surface area contributed by atoms with Crippen molar-refractivity contribution in [2.24, 2.45) is 0 Å². The van der Waals surface area contributed by atoms with Crippen molar-refractivity contribution in [1.82, 2.24) is 4.90 Å². The summed E-state index contributed by atoms with van der Waals surface area (Å²) in [6.45, 7) is 2.62. The summed E-state index contributed by atoms with van der Waals surface area (Å²) in [4.78, 5) is 2.27. The molecule has 0 spiro atoms. The van der Waals surface area contributed by atoms with Crippen molar-refractivity contribution in [3.63, 3.8) is 0 Å². The lowest BCUT2D eigenvalue weighted by atomic mass is 10.1. The molecule has 17 heavy (non-hydrogen) atoms. The number of likely N-dealkylation sites (tertiary alicyclic amines) is 1. The second-order valence-corrected chi connectivity index (χ2v) is 4.55. The van der Waals surface area contributed by atoms with Crippen LogP contribution in [0.5, 0.6) is 0 Å². The first-order valence-corrected chi connectivity index (χ1v) is 5.98. The number of nitrogen functional groups attached to an aromatic ring is 1. The molecule has 3 nitrogen and oxygen atoms in total. The zero-order chi connectivity index (χ0) is 12.3. The summed E-state index contributed by atoms with van der Waals surface area (Å²) in [5.41, 5.74) is 6.87. The number of halogens is 1. The Morgan fingerprint density at radius 2 is 2.35 bits per heavy atom. The van der Waals surface area contributed by atoms with Gasteiger partial charge < -0.3 is 10.5 Å². The minimum absolute atomic E-state index is 0.270. The first-order valence-electron chi connectivity index (χ1n) is 5.98. The number of anilines is 1. The monoisotopic (exact) mass is 238 g/mol. The number of hydrogen-bond acceptors (Lipinski definition) is 3. The zero-order valence-corrected chi connectivity index (χ0v) is 10.2. The summed E-state index contributed by atoms with van der Waals surface area (Å²) in [6.07, 6.45) is 2.51. The van der Waals surface area contributed by atoms with Gasteiger partial charge in [0.2, 0.25) is 0 Å². The Morgan fingerprint density at radius 1 is 1.53 bits per heavy atom. The number of hydrogen-bond donors (Lipinski definition) is 1. The average molecular weight is 238 g/mol. The van der Waals surface area contributed by atoms with Crippen molar-refractivity contribution < 1.29 is 9.13 Å². The smallest absolute Gasteiger partial charge is 0.146 e. The van der Waals surface area contributed by atoms with Crippen molar-refractivity contribution in [1.29, 1.82) is 0 Å². The Bertz CT molecular complexity index is 384. The fraction of sp³-hybridized carbons (Fsp3) is 0.538. The highest BCUT2D eigenvalue weighted by atomic mass is 19.1. The molecule has 1 saturated heterocycles. The lowest BCUT2D eigenvalue weighted by molar-refractivity contribution is 0.0286. The Morgan fingerprint density at radius 3 is 3.12 bits per heavy atom. The van der Waals surface area contributed by atoms with Gasteiger partial charge in [-0.25, -0.2) is 4.39 Å². The number of nitrogens with two attached hydrogens (primary N) is 1. The summed E-state index contributed by atoms with van der Waals surface area (Å²) in [6, 6.07) is 4.99. The SMILES string of the molecule is COC1CCCN(Cc2cccc(F)c2N)C1. The quantitative estimate of drug-likeness (QED) is 0.819. The van der Waals surface area contributed by atoms with Gasteiger partial charge in [0, 0.05) is 20.2 Å². The Kier molecular flexibility index (Phi) is 3.97. The van der Waals surface area contributed by atoms with Crippen molar-refractivity contribution in [3.8, 4) is 0 Å². The highest BCUT2D eigenvalue weighted by Gasteiger charge is 2.20. The lowest BCUT2D eigenvalue weighted by Gasteiger charge is -2.32. The second-order valence-electron chi connectivity index (χ2n) is 4.55. The number of benzene rings is 1. The van der Waals surface area contributed by atoms with E-state index in [1.54, 1.807) is 13.2 Å².